The van der Waals surface area contributed by atoms with E-state index in [1.165, 1.54) is 12.3 Å². The molecule has 2 aliphatic rings. The average molecular weight is 343 g/mol. The number of carbonyl (C=O) groups excluding carboxylic acids is 2. The van der Waals surface area contributed by atoms with Gasteiger partial charge in [0, 0.05) is 37.7 Å². The third-order valence-corrected chi connectivity index (χ3v) is 4.63. The summed E-state index contributed by atoms with van der Waals surface area (Å²) in [5, 5.41) is 2.94. The van der Waals surface area contributed by atoms with E-state index in [-0.39, 0.29) is 34.3 Å². The van der Waals surface area contributed by atoms with Gasteiger partial charge in [0.15, 0.2) is 0 Å². The molecule has 130 valence electrons. The molecule has 25 heavy (non-hydrogen) atoms. The monoisotopic (exact) mass is 343 g/mol. The molecular weight excluding hydrogens is 326 g/mol. The molecule has 2 aromatic heterocycles. The van der Waals surface area contributed by atoms with Gasteiger partial charge in [-0.05, 0) is 18.9 Å². The van der Waals surface area contributed by atoms with Crippen molar-refractivity contribution >= 4 is 22.8 Å². The van der Waals surface area contributed by atoms with Gasteiger partial charge in [-0.15, -0.1) is 0 Å². The zero-order valence-corrected chi connectivity index (χ0v) is 13.4. The third-order valence-electron chi connectivity index (χ3n) is 4.63. The highest BCUT2D eigenvalue weighted by atomic mass is 16.2. The SMILES string of the molecule is O=C(NCC1CC(=O)N(C2CC2)C1)c1cnc2[nH]c(=O)[nH]c(=O)c2c1. The van der Waals surface area contributed by atoms with Gasteiger partial charge in [0.05, 0.1) is 10.9 Å². The van der Waals surface area contributed by atoms with Crippen molar-refractivity contribution in [2.45, 2.75) is 25.3 Å². The summed E-state index contributed by atoms with van der Waals surface area (Å²) in [5.74, 6) is -0.104. The van der Waals surface area contributed by atoms with E-state index in [1.54, 1.807) is 0 Å². The van der Waals surface area contributed by atoms with Crippen LogP contribution in [0.4, 0.5) is 0 Å². The van der Waals surface area contributed by atoms with E-state index in [9.17, 15) is 19.2 Å². The number of nitrogens with zero attached hydrogens (tertiary/aromatic N) is 2. The summed E-state index contributed by atoms with van der Waals surface area (Å²) in [5.41, 5.74) is -0.879. The first kappa shape index (κ1) is 15.6. The fraction of sp³-hybridized carbons (Fsp3) is 0.438. The van der Waals surface area contributed by atoms with Gasteiger partial charge in [-0.2, -0.15) is 0 Å². The first-order valence-electron chi connectivity index (χ1n) is 8.21. The van der Waals surface area contributed by atoms with Gasteiger partial charge in [0.25, 0.3) is 11.5 Å². The van der Waals surface area contributed by atoms with E-state index in [2.05, 4.69) is 20.3 Å². The molecule has 1 saturated carbocycles. The average Bonchev–Trinajstić information content (AvgIpc) is 3.35. The van der Waals surface area contributed by atoms with Crippen LogP contribution in [0.5, 0.6) is 0 Å². The minimum absolute atomic E-state index is 0.102. The molecule has 2 amide bonds. The van der Waals surface area contributed by atoms with Gasteiger partial charge in [-0.3, -0.25) is 24.4 Å². The molecule has 0 radical (unpaired) electrons. The van der Waals surface area contributed by atoms with E-state index in [0.717, 1.165) is 12.8 Å². The van der Waals surface area contributed by atoms with Crippen LogP contribution in [-0.4, -0.2) is 50.8 Å². The van der Waals surface area contributed by atoms with Crippen LogP contribution in [0.25, 0.3) is 11.0 Å². The molecule has 0 aromatic carbocycles. The number of hydrogen-bond acceptors (Lipinski definition) is 5. The number of carbonyl (C=O) groups is 2. The Kier molecular flexibility index (Phi) is 3.63. The molecular formula is C16H17N5O4. The first-order chi connectivity index (χ1) is 12.0. The standard InChI is InChI=1S/C16H17N5O4/c22-12-3-8(7-21(12)10-1-2-10)5-18-14(23)9-4-11-13(17-6-9)19-16(25)20-15(11)24/h4,6,8,10H,1-3,5,7H2,(H,18,23)(H2,17,19,20,24,25). The van der Waals surface area contributed by atoms with Crippen molar-refractivity contribution in [3.63, 3.8) is 0 Å². The molecule has 1 unspecified atom stereocenters. The predicted molar refractivity (Wildman–Crippen MR) is 88.2 cm³/mol. The zero-order chi connectivity index (χ0) is 17.6. The number of aromatic amines is 2. The molecule has 9 heteroatoms. The molecule has 9 nitrogen and oxygen atoms in total. The molecule has 1 saturated heterocycles. The number of fused-ring (bicyclic) bond motifs is 1. The molecule has 1 atom stereocenters. The maximum atomic E-state index is 12.3. The number of likely N-dealkylation sites (tertiary alicyclic amines) is 1. The molecule has 2 aromatic rings. The van der Waals surface area contributed by atoms with E-state index in [0.29, 0.717) is 25.6 Å². The number of H-pyrrole nitrogens is 2. The summed E-state index contributed by atoms with van der Waals surface area (Å²) in [6.07, 6.45) is 3.91. The van der Waals surface area contributed by atoms with Crippen molar-refractivity contribution in [1.82, 2.24) is 25.2 Å². The van der Waals surface area contributed by atoms with Gasteiger partial charge >= 0.3 is 5.69 Å². The molecule has 0 bridgehead atoms. The zero-order valence-electron chi connectivity index (χ0n) is 13.4. The number of aromatic nitrogens is 3. The van der Waals surface area contributed by atoms with Crippen molar-refractivity contribution in [1.29, 1.82) is 0 Å². The van der Waals surface area contributed by atoms with E-state index < -0.39 is 11.2 Å². The van der Waals surface area contributed by atoms with Gasteiger partial charge in [-0.1, -0.05) is 0 Å². The minimum Gasteiger partial charge on any atom is -0.352 e. The Morgan fingerprint density at radius 2 is 2.08 bits per heavy atom. The van der Waals surface area contributed by atoms with Crippen molar-refractivity contribution in [3.05, 3.63) is 38.7 Å². The Morgan fingerprint density at radius 1 is 1.28 bits per heavy atom. The molecule has 3 heterocycles. The summed E-state index contributed by atoms with van der Waals surface area (Å²) in [6, 6.07) is 1.79. The number of hydrogen-bond donors (Lipinski definition) is 3. The van der Waals surface area contributed by atoms with Crippen molar-refractivity contribution in [2.75, 3.05) is 13.1 Å². The normalized spacial score (nSPS) is 20.2. The Hall–Kier alpha value is -2.97. The molecule has 2 fully saturated rings. The lowest BCUT2D eigenvalue weighted by atomic mass is 10.1. The molecule has 0 spiro atoms. The second-order valence-corrected chi connectivity index (χ2v) is 6.59. The van der Waals surface area contributed by atoms with Crippen LogP contribution in [0, 0.1) is 5.92 Å². The highest BCUT2D eigenvalue weighted by Gasteiger charge is 2.39. The molecule has 1 aliphatic carbocycles. The van der Waals surface area contributed by atoms with Crippen molar-refractivity contribution in [3.8, 4) is 0 Å². The summed E-state index contributed by atoms with van der Waals surface area (Å²) < 4.78 is 0. The number of amides is 2. The van der Waals surface area contributed by atoms with E-state index >= 15 is 0 Å². The minimum atomic E-state index is -0.645. The lowest BCUT2D eigenvalue weighted by molar-refractivity contribution is -0.128. The lowest BCUT2D eigenvalue weighted by Crippen LogP contribution is -2.32. The van der Waals surface area contributed by atoms with Crippen molar-refractivity contribution < 1.29 is 9.59 Å². The van der Waals surface area contributed by atoms with Crippen LogP contribution < -0.4 is 16.6 Å². The maximum absolute atomic E-state index is 12.3. The highest BCUT2D eigenvalue weighted by molar-refractivity contribution is 5.96. The fourth-order valence-corrected chi connectivity index (χ4v) is 3.19. The number of pyridine rings is 1. The van der Waals surface area contributed by atoms with Crippen LogP contribution in [-0.2, 0) is 4.79 Å². The van der Waals surface area contributed by atoms with Gasteiger partial charge in [0.2, 0.25) is 5.91 Å². The number of nitrogens with one attached hydrogen (secondary N) is 3. The third kappa shape index (κ3) is 3.04. The summed E-state index contributed by atoms with van der Waals surface area (Å²) in [6.45, 7) is 1.08. The fourth-order valence-electron chi connectivity index (χ4n) is 3.19. The largest absolute Gasteiger partial charge is 0.352 e. The molecule has 4 rings (SSSR count). The quantitative estimate of drug-likeness (QED) is 0.680. The Morgan fingerprint density at radius 3 is 2.84 bits per heavy atom. The van der Waals surface area contributed by atoms with Crippen LogP contribution in [0.2, 0.25) is 0 Å². The van der Waals surface area contributed by atoms with Gasteiger partial charge < -0.3 is 10.2 Å². The van der Waals surface area contributed by atoms with Crippen LogP contribution in [0.1, 0.15) is 29.6 Å². The smallest absolute Gasteiger partial charge is 0.327 e. The summed E-state index contributed by atoms with van der Waals surface area (Å²) in [4.78, 5) is 57.6. The summed E-state index contributed by atoms with van der Waals surface area (Å²) >= 11 is 0. The molecule has 1 aliphatic heterocycles. The summed E-state index contributed by atoms with van der Waals surface area (Å²) in [7, 11) is 0. The molecule has 3 N–H and O–H groups in total. The van der Waals surface area contributed by atoms with Crippen LogP contribution in [0.15, 0.2) is 21.9 Å². The Bertz CT molecular complexity index is 974. The second kappa shape index (κ2) is 5.83. The first-order valence-corrected chi connectivity index (χ1v) is 8.21. The van der Waals surface area contributed by atoms with Crippen LogP contribution in [0.3, 0.4) is 0 Å². The van der Waals surface area contributed by atoms with Crippen molar-refractivity contribution in [2.24, 2.45) is 5.92 Å². The number of rotatable bonds is 4. The van der Waals surface area contributed by atoms with E-state index in [1.807, 2.05) is 4.90 Å². The highest BCUT2D eigenvalue weighted by Crippen LogP contribution is 2.32. The Balaban J connectivity index is 1.44. The lowest BCUT2D eigenvalue weighted by Gasteiger charge is -2.15. The van der Waals surface area contributed by atoms with Gasteiger partial charge in [0.1, 0.15) is 5.65 Å². The topological polar surface area (TPSA) is 128 Å². The Labute approximate surface area is 141 Å². The predicted octanol–water partition coefficient (Wildman–Crippen LogP) is -0.648. The maximum Gasteiger partial charge on any atom is 0.327 e. The van der Waals surface area contributed by atoms with Gasteiger partial charge in [-0.25, -0.2) is 9.78 Å². The van der Waals surface area contributed by atoms with Crippen LogP contribution >= 0.6 is 0 Å². The second-order valence-electron chi connectivity index (χ2n) is 6.59. The van der Waals surface area contributed by atoms with E-state index in [4.69, 9.17) is 0 Å².